The zero-order chi connectivity index (χ0) is 18.4. The summed E-state index contributed by atoms with van der Waals surface area (Å²) in [4.78, 5) is 21.3. The third-order valence-corrected chi connectivity index (χ3v) is 4.42. The molecule has 1 fully saturated rings. The Bertz CT molecular complexity index is 747. The highest BCUT2D eigenvalue weighted by Crippen LogP contribution is 2.22. The average molecular weight is 395 g/mol. The fourth-order valence-corrected chi connectivity index (χ4v) is 3.03. The van der Waals surface area contributed by atoms with Crippen LogP contribution in [-0.2, 0) is 0 Å². The topological polar surface area (TPSA) is 95.6 Å². The maximum Gasteiger partial charge on any atom is 0.225 e. The lowest BCUT2D eigenvalue weighted by Crippen LogP contribution is -2.51. The summed E-state index contributed by atoms with van der Waals surface area (Å²) in [5, 5.41) is 4.10. The average Bonchev–Trinajstić information content (AvgIpc) is 2.67. The number of piperazine rings is 1. The lowest BCUT2D eigenvalue weighted by Gasteiger charge is -2.35. The van der Waals surface area contributed by atoms with Crippen LogP contribution in [0.5, 0.6) is 0 Å². The number of guanidine groups is 1. The minimum atomic E-state index is 0.480. The van der Waals surface area contributed by atoms with Crippen LogP contribution in [0.15, 0.2) is 35.7 Å². The maximum atomic E-state index is 6.10. The Labute approximate surface area is 162 Å². The molecule has 0 amide bonds. The van der Waals surface area contributed by atoms with Gasteiger partial charge in [-0.3, -0.25) is 4.99 Å². The molecule has 26 heavy (non-hydrogen) atoms. The number of pyridine rings is 1. The third kappa shape index (κ3) is 4.86. The highest BCUT2D eigenvalue weighted by Gasteiger charge is 2.19. The second-order valence-electron chi connectivity index (χ2n) is 5.67. The monoisotopic (exact) mass is 394 g/mol. The van der Waals surface area contributed by atoms with Crippen LogP contribution >= 0.6 is 23.2 Å². The molecule has 138 valence electrons. The lowest BCUT2D eigenvalue weighted by atomic mass is 10.3. The van der Waals surface area contributed by atoms with Gasteiger partial charge < -0.3 is 20.9 Å². The van der Waals surface area contributed by atoms with Gasteiger partial charge in [-0.1, -0.05) is 23.2 Å². The Morgan fingerprint density at radius 1 is 1.15 bits per heavy atom. The van der Waals surface area contributed by atoms with Crippen molar-refractivity contribution < 1.29 is 0 Å². The number of nitrogens with one attached hydrogen (secondary N) is 1. The molecule has 1 saturated heterocycles. The molecule has 0 radical (unpaired) electrons. The summed E-state index contributed by atoms with van der Waals surface area (Å²) in [6, 6.07) is 3.46. The fourth-order valence-electron chi connectivity index (χ4n) is 2.58. The van der Waals surface area contributed by atoms with Crippen molar-refractivity contribution in [2.24, 2.45) is 10.7 Å². The largest absolute Gasteiger partial charge is 0.370 e. The van der Waals surface area contributed by atoms with Crippen molar-refractivity contribution in [3.05, 3.63) is 40.8 Å². The molecular weight excluding hydrogens is 375 g/mol. The van der Waals surface area contributed by atoms with E-state index in [0.717, 1.165) is 32.1 Å². The molecule has 0 aliphatic carbocycles. The van der Waals surface area contributed by atoms with E-state index >= 15 is 0 Å². The Balaban J connectivity index is 1.44. The summed E-state index contributed by atoms with van der Waals surface area (Å²) in [6.45, 7) is 4.28. The summed E-state index contributed by atoms with van der Waals surface area (Å²) < 4.78 is 0. The quantitative estimate of drug-likeness (QED) is 0.452. The van der Waals surface area contributed by atoms with E-state index in [1.165, 1.54) is 0 Å². The second kappa shape index (κ2) is 8.86. The number of hydrogen-bond donors (Lipinski definition) is 2. The Kier molecular flexibility index (Phi) is 6.30. The van der Waals surface area contributed by atoms with Gasteiger partial charge >= 0.3 is 0 Å². The maximum absolute atomic E-state index is 6.10. The van der Waals surface area contributed by atoms with Crippen LogP contribution in [0, 0.1) is 0 Å². The number of nitrogens with zero attached hydrogens (tertiary/aromatic N) is 6. The molecule has 10 heteroatoms. The first kappa shape index (κ1) is 18.5. The molecule has 1 aliphatic heterocycles. The highest BCUT2D eigenvalue weighted by atomic mass is 35.5. The van der Waals surface area contributed by atoms with Gasteiger partial charge in [-0.05, 0) is 12.1 Å². The van der Waals surface area contributed by atoms with Gasteiger partial charge in [-0.2, -0.15) is 0 Å². The SMILES string of the molecule is NC(=NCCNc1ncc(Cl)cc1Cl)N1CCN(c2ncccn2)CC1. The molecule has 0 spiro atoms. The van der Waals surface area contributed by atoms with Crippen LogP contribution in [0.25, 0.3) is 0 Å². The predicted molar refractivity (Wildman–Crippen MR) is 105 cm³/mol. The van der Waals surface area contributed by atoms with Crippen molar-refractivity contribution in [1.82, 2.24) is 19.9 Å². The van der Waals surface area contributed by atoms with E-state index in [9.17, 15) is 0 Å². The van der Waals surface area contributed by atoms with Crippen LogP contribution in [0.2, 0.25) is 10.0 Å². The molecule has 0 unspecified atom stereocenters. The van der Waals surface area contributed by atoms with Gasteiger partial charge in [0.1, 0.15) is 5.82 Å². The van der Waals surface area contributed by atoms with E-state index in [2.05, 4.69) is 35.1 Å². The number of aromatic nitrogens is 3. The summed E-state index contributed by atoms with van der Waals surface area (Å²) >= 11 is 11.9. The van der Waals surface area contributed by atoms with Crippen molar-refractivity contribution in [2.45, 2.75) is 0 Å². The molecule has 0 aromatic carbocycles. The third-order valence-electron chi connectivity index (χ3n) is 3.92. The van der Waals surface area contributed by atoms with E-state index in [0.29, 0.717) is 34.9 Å². The first-order chi connectivity index (χ1) is 12.6. The van der Waals surface area contributed by atoms with E-state index in [-0.39, 0.29) is 0 Å². The number of anilines is 2. The Morgan fingerprint density at radius 2 is 1.88 bits per heavy atom. The number of halogens is 2. The molecule has 0 atom stereocenters. The van der Waals surface area contributed by atoms with Crippen LogP contribution < -0.4 is 16.0 Å². The van der Waals surface area contributed by atoms with Gasteiger partial charge in [0.05, 0.1) is 16.6 Å². The summed E-state index contributed by atoms with van der Waals surface area (Å²) in [5.74, 6) is 1.87. The smallest absolute Gasteiger partial charge is 0.225 e. The predicted octanol–water partition coefficient (Wildman–Crippen LogP) is 1.73. The number of aliphatic imine (C=N–C) groups is 1. The van der Waals surface area contributed by atoms with E-state index < -0.39 is 0 Å². The molecule has 3 N–H and O–H groups in total. The summed E-state index contributed by atoms with van der Waals surface area (Å²) in [7, 11) is 0. The van der Waals surface area contributed by atoms with Crippen LogP contribution in [0.3, 0.4) is 0 Å². The van der Waals surface area contributed by atoms with Crippen LogP contribution in [-0.4, -0.2) is 65.1 Å². The van der Waals surface area contributed by atoms with E-state index in [1.807, 2.05) is 6.07 Å². The normalized spacial score (nSPS) is 15.2. The summed E-state index contributed by atoms with van der Waals surface area (Å²) in [6.07, 6.45) is 5.04. The number of nitrogens with two attached hydrogens (primary N) is 1. The van der Waals surface area contributed by atoms with Crippen molar-refractivity contribution in [2.75, 3.05) is 49.5 Å². The van der Waals surface area contributed by atoms with Gasteiger partial charge in [0.15, 0.2) is 5.96 Å². The van der Waals surface area contributed by atoms with Crippen molar-refractivity contribution in [3.8, 4) is 0 Å². The van der Waals surface area contributed by atoms with Crippen molar-refractivity contribution in [1.29, 1.82) is 0 Å². The molecule has 8 nitrogen and oxygen atoms in total. The van der Waals surface area contributed by atoms with Crippen molar-refractivity contribution >= 4 is 40.9 Å². The second-order valence-corrected chi connectivity index (χ2v) is 6.52. The molecular formula is C16H20Cl2N8. The first-order valence-electron chi connectivity index (χ1n) is 8.25. The van der Waals surface area contributed by atoms with Gasteiger partial charge in [0, 0.05) is 51.3 Å². The van der Waals surface area contributed by atoms with Gasteiger partial charge in [0.25, 0.3) is 0 Å². The Hall–Kier alpha value is -2.32. The molecule has 1 aliphatic rings. The zero-order valence-electron chi connectivity index (χ0n) is 14.1. The molecule has 2 aromatic rings. The standard InChI is InChI=1S/C16H20Cl2N8/c17-12-10-13(18)14(24-11-12)20-4-5-21-15(19)25-6-8-26(9-7-25)16-22-2-1-3-23-16/h1-3,10-11H,4-9H2,(H2,19,21)(H,20,24). The zero-order valence-corrected chi connectivity index (χ0v) is 15.7. The Morgan fingerprint density at radius 3 is 2.58 bits per heavy atom. The van der Waals surface area contributed by atoms with Gasteiger partial charge in [-0.15, -0.1) is 0 Å². The van der Waals surface area contributed by atoms with Crippen LogP contribution in [0.4, 0.5) is 11.8 Å². The number of hydrogen-bond acceptors (Lipinski definition) is 6. The highest BCUT2D eigenvalue weighted by molar-refractivity contribution is 6.35. The van der Waals surface area contributed by atoms with Gasteiger partial charge in [-0.25, -0.2) is 15.0 Å². The number of rotatable bonds is 5. The first-order valence-corrected chi connectivity index (χ1v) is 9.01. The van der Waals surface area contributed by atoms with E-state index in [1.54, 1.807) is 24.7 Å². The minimum absolute atomic E-state index is 0.480. The van der Waals surface area contributed by atoms with E-state index in [4.69, 9.17) is 28.9 Å². The van der Waals surface area contributed by atoms with Crippen LogP contribution in [0.1, 0.15) is 0 Å². The molecule has 0 saturated carbocycles. The molecule has 3 heterocycles. The molecule has 3 rings (SSSR count). The molecule has 0 bridgehead atoms. The minimum Gasteiger partial charge on any atom is -0.370 e. The molecule has 2 aromatic heterocycles. The van der Waals surface area contributed by atoms with Crippen molar-refractivity contribution in [3.63, 3.8) is 0 Å². The lowest BCUT2D eigenvalue weighted by molar-refractivity contribution is 0.378. The summed E-state index contributed by atoms with van der Waals surface area (Å²) in [5.41, 5.74) is 6.10. The fraction of sp³-hybridized carbons (Fsp3) is 0.375. The van der Waals surface area contributed by atoms with Gasteiger partial charge in [0.2, 0.25) is 5.95 Å².